The van der Waals surface area contributed by atoms with Crippen LogP contribution in [-0.2, 0) is 11.8 Å². The Kier molecular flexibility index (Phi) is 5.28. The highest BCUT2D eigenvalue weighted by atomic mass is 19.1. The van der Waals surface area contributed by atoms with Crippen LogP contribution in [0.5, 0.6) is 0 Å². The van der Waals surface area contributed by atoms with E-state index in [1.807, 2.05) is 0 Å². The molecule has 4 rings (SSSR count). The summed E-state index contributed by atoms with van der Waals surface area (Å²) in [5.74, 6) is -1.66. The van der Waals surface area contributed by atoms with Gasteiger partial charge >= 0.3 is 0 Å². The van der Waals surface area contributed by atoms with Crippen LogP contribution in [-0.4, -0.2) is 31.7 Å². The number of carbonyl (C=O) groups excluding carboxylic acids is 1. The van der Waals surface area contributed by atoms with E-state index < -0.39 is 23.7 Å². The number of anilines is 2. The lowest BCUT2D eigenvalue weighted by Crippen LogP contribution is -2.29. The van der Waals surface area contributed by atoms with Crippen molar-refractivity contribution in [1.29, 1.82) is 0 Å². The minimum Gasteiger partial charge on any atom is -0.383 e. The zero-order valence-corrected chi connectivity index (χ0v) is 17.0. The minimum atomic E-state index is -1.60. The van der Waals surface area contributed by atoms with Crippen molar-refractivity contribution < 1.29 is 18.7 Å². The van der Waals surface area contributed by atoms with E-state index in [0.29, 0.717) is 34.1 Å². The lowest BCUT2D eigenvalue weighted by molar-refractivity contribution is -0.122. The van der Waals surface area contributed by atoms with Gasteiger partial charge in [-0.1, -0.05) is 6.08 Å². The fourth-order valence-electron chi connectivity index (χ4n) is 3.74. The van der Waals surface area contributed by atoms with Crippen molar-refractivity contribution in [3.8, 4) is 11.1 Å². The molecule has 0 radical (unpaired) electrons. The molecule has 1 unspecified atom stereocenters. The summed E-state index contributed by atoms with van der Waals surface area (Å²) < 4.78 is 30.1. The number of hydrogen-bond donors (Lipinski definition) is 3. The Hall–Kier alpha value is -3.59. The van der Waals surface area contributed by atoms with Crippen LogP contribution < -0.4 is 11.1 Å². The van der Waals surface area contributed by atoms with Gasteiger partial charge in [-0.05, 0) is 48.3 Å². The van der Waals surface area contributed by atoms with Crippen molar-refractivity contribution in [2.24, 2.45) is 7.05 Å². The van der Waals surface area contributed by atoms with Gasteiger partial charge in [-0.2, -0.15) is 0 Å². The molecule has 0 aliphatic heterocycles. The summed E-state index contributed by atoms with van der Waals surface area (Å²) in [4.78, 5) is 20.6. The number of nitrogens with two attached hydrogens (primary N) is 1. The molecule has 2 heterocycles. The number of allylic oxidation sites excluding steroid dienone is 2. The third-order valence-electron chi connectivity index (χ3n) is 5.30. The van der Waals surface area contributed by atoms with Gasteiger partial charge in [-0.15, -0.1) is 0 Å². The van der Waals surface area contributed by atoms with Crippen LogP contribution in [0.2, 0.25) is 0 Å². The van der Waals surface area contributed by atoms with Crippen LogP contribution in [0.15, 0.2) is 48.2 Å². The van der Waals surface area contributed by atoms with Gasteiger partial charge in [-0.25, -0.2) is 18.7 Å². The summed E-state index contributed by atoms with van der Waals surface area (Å²) in [7, 11) is 1.80. The van der Waals surface area contributed by atoms with Crippen molar-refractivity contribution in [3.63, 3.8) is 0 Å². The molecule has 1 aliphatic carbocycles. The largest absolute Gasteiger partial charge is 0.383 e. The Morgan fingerprint density at radius 3 is 2.81 bits per heavy atom. The highest BCUT2D eigenvalue weighted by Crippen LogP contribution is 2.36. The number of carbonyl (C=O) groups is 1. The second-order valence-electron chi connectivity index (χ2n) is 7.48. The predicted molar refractivity (Wildman–Crippen MR) is 114 cm³/mol. The lowest BCUT2D eigenvalue weighted by atomic mass is 9.99. The van der Waals surface area contributed by atoms with E-state index in [1.165, 1.54) is 18.5 Å². The first kappa shape index (κ1) is 20.7. The number of aliphatic hydroxyl groups excluding tert-OH is 1. The molecule has 3 aromatic rings. The molecule has 1 aromatic carbocycles. The summed E-state index contributed by atoms with van der Waals surface area (Å²) in [6, 6.07) is 2.76. The van der Waals surface area contributed by atoms with E-state index in [9.17, 15) is 18.7 Å². The van der Waals surface area contributed by atoms with Crippen LogP contribution in [0.3, 0.4) is 0 Å². The first-order valence-corrected chi connectivity index (χ1v) is 9.67. The summed E-state index contributed by atoms with van der Waals surface area (Å²) in [5.41, 5.74) is 8.62. The lowest BCUT2D eigenvalue weighted by Gasteiger charge is -2.16. The van der Waals surface area contributed by atoms with Gasteiger partial charge in [0.1, 0.15) is 29.4 Å². The number of aliphatic hydroxyl groups is 1. The predicted octanol–water partition coefficient (Wildman–Crippen LogP) is 3.54. The molecule has 0 bridgehead atoms. The molecule has 1 atom stereocenters. The second-order valence-corrected chi connectivity index (χ2v) is 7.48. The van der Waals surface area contributed by atoms with E-state index in [2.05, 4.69) is 15.3 Å². The zero-order valence-electron chi connectivity index (χ0n) is 17.0. The Morgan fingerprint density at radius 2 is 2.06 bits per heavy atom. The highest BCUT2D eigenvalue weighted by Gasteiger charge is 2.23. The maximum Gasteiger partial charge on any atom is 0.257 e. The molecular weight excluding hydrogens is 404 g/mol. The second kappa shape index (κ2) is 7.92. The zero-order chi connectivity index (χ0) is 22.3. The van der Waals surface area contributed by atoms with Crippen LogP contribution in [0.4, 0.5) is 20.3 Å². The number of aryl methyl sites for hydroxylation is 2. The van der Waals surface area contributed by atoms with Crippen molar-refractivity contribution in [2.75, 3.05) is 11.1 Å². The molecule has 2 aromatic heterocycles. The Balaban J connectivity index is 1.66. The Morgan fingerprint density at radius 1 is 1.29 bits per heavy atom. The van der Waals surface area contributed by atoms with Crippen LogP contribution in [0.25, 0.3) is 22.2 Å². The molecule has 1 amide bonds. The first-order chi connectivity index (χ1) is 14.8. The van der Waals surface area contributed by atoms with E-state index in [4.69, 9.17) is 5.73 Å². The molecule has 7 nitrogen and oxygen atoms in total. The van der Waals surface area contributed by atoms with E-state index in [-0.39, 0.29) is 23.5 Å². The van der Waals surface area contributed by atoms with Gasteiger partial charge in [0.05, 0.1) is 11.1 Å². The number of aromatic nitrogens is 3. The number of halogens is 2. The number of nitrogens with zero attached hydrogens (tertiary/aromatic N) is 3. The van der Waals surface area contributed by atoms with E-state index in [0.717, 1.165) is 6.08 Å². The number of benzene rings is 1. The standard InChI is InChI=1S/C22H21F2N5O2/c1-11-6-17(28-22(31)19(30)12-4-3-5-13(23)7-12)16(24)8-14(11)15-9-29(2)21-18(15)20(25)26-10-27-21/h4,6-10,19,30H,3,5H2,1-2H3,(H,28,31)(H2,25,26,27). The van der Waals surface area contributed by atoms with Gasteiger partial charge in [0.25, 0.3) is 5.91 Å². The number of amides is 1. The van der Waals surface area contributed by atoms with Crippen LogP contribution >= 0.6 is 0 Å². The van der Waals surface area contributed by atoms with E-state index >= 15 is 0 Å². The maximum absolute atomic E-state index is 14.9. The summed E-state index contributed by atoms with van der Waals surface area (Å²) in [5, 5.41) is 13.2. The number of nitrogen functional groups attached to an aromatic ring is 1. The smallest absolute Gasteiger partial charge is 0.257 e. The van der Waals surface area contributed by atoms with Crippen LogP contribution in [0, 0.1) is 12.7 Å². The molecule has 9 heteroatoms. The normalized spacial score (nSPS) is 14.9. The van der Waals surface area contributed by atoms with Crippen molar-refractivity contribution >= 4 is 28.4 Å². The number of rotatable bonds is 4. The number of fused-ring (bicyclic) bond motifs is 1. The average Bonchev–Trinajstić information content (AvgIpc) is 3.07. The van der Waals surface area contributed by atoms with Gasteiger partial charge in [0.2, 0.25) is 0 Å². The minimum absolute atomic E-state index is 0.0874. The van der Waals surface area contributed by atoms with Gasteiger partial charge in [0.15, 0.2) is 6.10 Å². The van der Waals surface area contributed by atoms with Gasteiger partial charge in [-0.3, -0.25) is 4.79 Å². The molecular formula is C22H21F2N5O2. The average molecular weight is 425 g/mol. The fourth-order valence-corrected chi connectivity index (χ4v) is 3.74. The number of nitrogens with one attached hydrogen (secondary N) is 1. The quantitative estimate of drug-likeness (QED) is 0.593. The Labute approximate surface area is 176 Å². The fraction of sp³-hybridized carbons (Fsp3) is 0.227. The topological polar surface area (TPSA) is 106 Å². The van der Waals surface area contributed by atoms with Gasteiger partial charge in [0, 0.05) is 25.2 Å². The third-order valence-corrected chi connectivity index (χ3v) is 5.30. The van der Waals surface area contributed by atoms with Gasteiger partial charge < -0.3 is 20.7 Å². The molecule has 160 valence electrons. The van der Waals surface area contributed by atoms with Crippen LogP contribution in [0.1, 0.15) is 18.4 Å². The molecule has 4 N–H and O–H groups in total. The van der Waals surface area contributed by atoms with Crippen molar-refractivity contribution in [1.82, 2.24) is 14.5 Å². The highest BCUT2D eigenvalue weighted by molar-refractivity contribution is 6.02. The molecule has 0 spiro atoms. The molecule has 0 saturated heterocycles. The Bertz CT molecular complexity index is 1260. The third kappa shape index (κ3) is 3.79. The number of hydrogen-bond acceptors (Lipinski definition) is 5. The van der Waals surface area contributed by atoms with Crippen molar-refractivity contribution in [2.45, 2.75) is 25.9 Å². The molecule has 31 heavy (non-hydrogen) atoms. The molecule has 0 fully saturated rings. The molecule has 1 aliphatic rings. The summed E-state index contributed by atoms with van der Waals surface area (Å²) in [6.45, 7) is 1.77. The SMILES string of the molecule is Cc1cc(NC(=O)C(O)C2=CCCC(F)=C2)c(F)cc1-c1cn(C)c2ncnc(N)c12. The maximum atomic E-state index is 14.9. The summed E-state index contributed by atoms with van der Waals surface area (Å²) >= 11 is 0. The van der Waals surface area contributed by atoms with E-state index in [1.54, 1.807) is 30.8 Å². The molecule has 0 saturated carbocycles. The first-order valence-electron chi connectivity index (χ1n) is 9.67. The summed E-state index contributed by atoms with van der Waals surface area (Å²) in [6.07, 6.45) is 4.90. The monoisotopic (exact) mass is 425 g/mol. The van der Waals surface area contributed by atoms with Crippen molar-refractivity contribution in [3.05, 3.63) is 59.6 Å².